The Balaban J connectivity index is 2.42. The molecule has 0 saturated carbocycles. The van der Waals surface area contributed by atoms with Gasteiger partial charge >= 0.3 is 0 Å². The van der Waals surface area contributed by atoms with Crippen LogP contribution in [0.25, 0.3) is 0 Å². The first kappa shape index (κ1) is 13.7. The van der Waals surface area contributed by atoms with Crippen molar-refractivity contribution in [2.75, 3.05) is 13.7 Å². The van der Waals surface area contributed by atoms with Crippen molar-refractivity contribution in [2.24, 2.45) is 0 Å². The Morgan fingerprint density at radius 2 is 2.22 bits per heavy atom. The molecule has 2 atom stereocenters. The second kappa shape index (κ2) is 5.93. The van der Waals surface area contributed by atoms with Crippen LogP contribution in [-0.2, 0) is 5.75 Å². The molecule has 1 N–H and O–H groups in total. The van der Waals surface area contributed by atoms with Crippen molar-refractivity contribution in [2.45, 2.75) is 37.3 Å². The van der Waals surface area contributed by atoms with E-state index in [-0.39, 0.29) is 11.9 Å². The molecular weight excluding hydrogens is 249 g/mol. The molecule has 1 aromatic carbocycles. The van der Waals surface area contributed by atoms with E-state index in [4.69, 9.17) is 4.74 Å². The van der Waals surface area contributed by atoms with Gasteiger partial charge in [0, 0.05) is 22.6 Å². The molecular formula is C14H20FNOS. The van der Waals surface area contributed by atoms with Crippen molar-refractivity contribution in [1.82, 2.24) is 5.32 Å². The average Bonchev–Trinajstić information content (AvgIpc) is 2.40. The number of ether oxygens (including phenoxy) is 1. The van der Waals surface area contributed by atoms with E-state index in [1.54, 1.807) is 6.07 Å². The summed E-state index contributed by atoms with van der Waals surface area (Å²) in [7, 11) is 1.51. The number of rotatable bonds is 4. The molecule has 0 radical (unpaired) electrons. The molecule has 18 heavy (non-hydrogen) atoms. The summed E-state index contributed by atoms with van der Waals surface area (Å²) in [6.45, 7) is 5.17. The zero-order valence-corrected chi connectivity index (χ0v) is 11.9. The molecule has 0 amide bonds. The van der Waals surface area contributed by atoms with E-state index in [0.29, 0.717) is 11.0 Å². The number of halogens is 1. The highest BCUT2D eigenvalue weighted by molar-refractivity contribution is 7.99. The predicted molar refractivity (Wildman–Crippen MR) is 74.7 cm³/mol. The summed E-state index contributed by atoms with van der Waals surface area (Å²) in [6.07, 6.45) is 1.09. The standard InChI is InChI=1S/C14H20FNOS/c1-4-12-14(16-5-2)9-6-7-11(17-3)13(15)10(9)8-18-12/h6-7,12,14,16H,4-5,8H2,1-3H3. The van der Waals surface area contributed by atoms with Gasteiger partial charge in [-0.15, -0.1) is 0 Å². The Hall–Kier alpha value is -0.740. The van der Waals surface area contributed by atoms with Gasteiger partial charge in [0.05, 0.1) is 7.11 Å². The maximum Gasteiger partial charge on any atom is 0.169 e. The fourth-order valence-corrected chi connectivity index (χ4v) is 3.86. The van der Waals surface area contributed by atoms with Gasteiger partial charge in [0.2, 0.25) is 0 Å². The van der Waals surface area contributed by atoms with Gasteiger partial charge in [-0.2, -0.15) is 11.8 Å². The zero-order chi connectivity index (χ0) is 13.1. The number of fused-ring (bicyclic) bond motifs is 1. The van der Waals surface area contributed by atoms with E-state index in [1.807, 2.05) is 17.8 Å². The van der Waals surface area contributed by atoms with E-state index < -0.39 is 0 Å². The summed E-state index contributed by atoms with van der Waals surface area (Å²) < 4.78 is 19.3. The molecule has 0 spiro atoms. The third-order valence-electron chi connectivity index (χ3n) is 3.44. The molecule has 1 aliphatic heterocycles. The van der Waals surface area contributed by atoms with Crippen LogP contribution in [0.15, 0.2) is 12.1 Å². The summed E-state index contributed by atoms with van der Waals surface area (Å²) >= 11 is 1.83. The van der Waals surface area contributed by atoms with Gasteiger partial charge in [-0.1, -0.05) is 19.9 Å². The summed E-state index contributed by atoms with van der Waals surface area (Å²) in [4.78, 5) is 0. The van der Waals surface area contributed by atoms with E-state index in [2.05, 4.69) is 19.2 Å². The van der Waals surface area contributed by atoms with Gasteiger partial charge in [0.1, 0.15) is 0 Å². The third-order valence-corrected chi connectivity index (χ3v) is 4.93. The lowest BCUT2D eigenvalue weighted by Crippen LogP contribution is -2.33. The highest BCUT2D eigenvalue weighted by Gasteiger charge is 2.30. The van der Waals surface area contributed by atoms with Gasteiger partial charge in [-0.05, 0) is 24.6 Å². The molecule has 100 valence electrons. The van der Waals surface area contributed by atoms with Gasteiger partial charge in [0.25, 0.3) is 0 Å². The lowest BCUT2D eigenvalue weighted by molar-refractivity contribution is 0.382. The van der Waals surface area contributed by atoms with Gasteiger partial charge in [0.15, 0.2) is 11.6 Å². The van der Waals surface area contributed by atoms with Crippen LogP contribution in [-0.4, -0.2) is 18.9 Å². The van der Waals surface area contributed by atoms with Crippen molar-refractivity contribution >= 4 is 11.8 Å². The maximum absolute atomic E-state index is 14.2. The Bertz CT molecular complexity index is 425. The van der Waals surface area contributed by atoms with E-state index in [9.17, 15) is 4.39 Å². The first-order chi connectivity index (χ1) is 8.72. The fourth-order valence-electron chi connectivity index (χ4n) is 2.51. The Morgan fingerprint density at radius 3 is 2.83 bits per heavy atom. The number of hydrogen-bond acceptors (Lipinski definition) is 3. The molecule has 2 rings (SSSR count). The van der Waals surface area contributed by atoms with Crippen molar-refractivity contribution in [1.29, 1.82) is 0 Å². The van der Waals surface area contributed by atoms with Crippen LogP contribution < -0.4 is 10.1 Å². The van der Waals surface area contributed by atoms with Gasteiger partial charge < -0.3 is 10.1 Å². The van der Waals surface area contributed by atoms with Crippen molar-refractivity contribution in [3.63, 3.8) is 0 Å². The second-order valence-electron chi connectivity index (χ2n) is 4.44. The first-order valence-corrected chi connectivity index (χ1v) is 7.48. The molecule has 2 unspecified atom stereocenters. The van der Waals surface area contributed by atoms with Crippen LogP contribution >= 0.6 is 11.8 Å². The number of thioether (sulfide) groups is 1. The SMILES string of the molecule is CCNC1c2ccc(OC)c(F)c2CSC1CC. The van der Waals surface area contributed by atoms with E-state index in [0.717, 1.165) is 29.8 Å². The Morgan fingerprint density at radius 1 is 1.44 bits per heavy atom. The largest absolute Gasteiger partial charge is 0.494 e. The third kappa shape index (κ3) is 2.36. The summed E-state index contributed by atoms with van der Waals surface area (Å²) in [6, 6.07) is 3.99. The normalized spacial score (nSPS) is 22.7. The van der Waals surface area contributed by atoms with E-state index >= 15 is 0 Å². The lowest BCUT2D eigenvalue weighted by Gasteiger charge is -2.33. The predicted octanol–water partition coefficient (Wildman–Crippen LogP) is 3.51. The Labute approximate surface area is 112 Å². The lowest BCUT2D eigenvalue weighted by atomic mass is 9.95. The zero-order valence-electron chi connectivity index (χ0n) is 11.1. The van der Waals surface area contributed by atoms with Crippen LogP contribution in [0.3, 0.4) is 0 Å². The summed E-state index contributed by atoms with van der Waals surface area (Å²) in [5.74, 6) is 0.887. The molecule has 1 aliphatic rings. The smallest absolute Gasteiger partial charge is 0.169 e. The summed E-state index contributed by atoms with van der Waals surface area (Å²) in [5.41, 5.74) is 1.90. The van der Waals surface area contributed by atoms with Crippen molar-refractivity contribution in [3.8, 4) is 5.75 Å². The average molecular weight is 269 g/mol. The minimum Gasteiger partial charge on any atom is -0.494 e. The van der Waals surface area contributed by atoms with E-state index in [1.165, 1.54) is 7.11 Å². The molecule has 0 aromatic heterocycles. The minimum absolute atomic E-state index is 0.194. The highest BCUT2D eigenvalue weighted by atomic mass is 32.2. The first-order valence-electron chi connectivity index (χ1n) is 6.43. The van der Waals surface area contributed by atoms with Crippen LogP contribution in [0.1, 0.15) is 37.4 Å². The summed E-state index contributed by atoms with van der Waals surface area (Å²) in [5, 5.41) is 4.00. The highest BCUT2D eigenvalue weighted by Crippen LogP contribution is 2.41. The quantitative estimate of drug-likeness (QED) is 0.904. The molecule has 4 heteroatoms. The molecule has 0 aliphatic carbocycles. The number of methoxy groups -OCH3 is 1. The van der Waals surface area contributed by atoms with Crippen LogP contribution in [0.5, 0.6) is 5.75 Å². The molecule has 1 heterocycles. The van der Waals surface area contributed by atoms with Crippen LogP contribution in [0, 0.1) is 5.82 Å². The minimum atomic E-state index is -0.194. The number of benzene rings is 1. The second-order valence-corrected chi connectivity index (χ2v) is 5.67. The fraction of sp³-hybridized carbons (Fsp3) is 0.571. The topological polar surface area (TPSA) is 21.3 Å². The number of nitrogens with one attached hydrogen (secondary N) is 1. The Kier molecular flexibility index (Phi) is 4.51. The van der Waals surface area contributed by atoms with Crippen molar-refractivity contribution in [3.05, 3.63) is 29.1 Å². The van der Waals surface area contributed by atoms with Crippen molar-refractivity contribution < 1.29 is 9.13 Å². The van der Waals surface area contributed by atoms with Crippen LogP contribution in [0.2, 0.25) is 0 Å². The monoisotopic (exact) mass is 269 g/mol. The molecule has 0 saturated heterocycles. The molecule has 0 fully saturated rings. The number of hydrogen-bond donors (Lipinski definition) is 1. The molecule has 2 nitrogen and oxygen atoms in total. The molecule has 1 aromatic rings. The van der Waals surface area contributed by atoms with Gasteiger partial charge in [-0.25, -0.2) is 4.39 Å². The maximum atomic E-state index is 14.2. The molecule has 0 bridgehead atoms. The van der Waals surface area contributed by atoms with Gasteiger partial charge in [-0.3, -0.25) is 0 Å². The van der Waals surface area contributed by atoms with Crippen LogP contribution in [0.4, 0.5) is 4.39 Å².